The molecule has 21 heavy (non-hydrogen) atoms. The van der Waals surface area contributed by atoms with E-state index in [1.165, 1.54) is 11.8 Å². The van der Waals surface area contributed by atoms with Crippen molar-refractivity contribution in [2.75, 3.05) is 0 Å². The van der Waals surface area contributed by atoms with Gasteiger partial charge in [0.1, 0.15) is 16.4 Å². The van der Waals surface area contributed by atoms with Crippen LogP contribution in [0.3, 0.4) is 0 Å². The van der Waals surface area contributed by atoms with Crippen LogP contribution in [-0.4, -0.2) is 26.0 Å². The van der Waals surface area contributed by atoms with Gasteiger partial charge in [-0.15, -0.1) is 11.8 Å². The smallest absolute Gasteiger partial charge is 0.340 e. The molecule has 1 aliphatic rings. The lowest BCUT2D eigenvalue weighted by atomic mass is 10.2. The summed E-state index contributed by atoms with van der Waals surface area (Å²) >= 11 is 1.44. The fourth-order valence-electron chi connectivity index (χ4n) is 2.07. The van der Waals surface area contributed by atoms with E-state index in [0.29, 0.717) is 22.4 Å². The minimum absolute atomic E-state index is 0.221. The van der Waals surface area contributed by atoms with Gasteiger partial charge in [0, 0.05) is 24.1 Å². The number of hydrogen-bond acceptors (Lipinski definition) is 5. The predicted molar refractivity (Wildman–Crippen MR) is 79.5 cm³/mol. The Labute approximate surface area is 126 Å². The molecule has 0 amide bonds. The average Bonchev–Trinajstić information content (AvgIpc) is 3.29. The van der Waals surface area contributed by atoms with Crippen LogP contribution in [-0.2, 0) is 5.75 Å². The van der Waals surface area contributed by atoms with Gasteiger partial charge < -0.3 is 5.11 Å². The second-order valence-electron chi connectivity index (χ2n) is 5.07. The van der Waals surface area contributed by atoms with Gasteiger partial charge in [0.15, 0.2) is 0 Å². The van der Waals surface area contributed by atoms with Crippen LogP contribution in [0.4, 0.5) is 0 Å². The number of carboxylic acids is 1. The summed E-state index contributed by atoms with van der Waals surface area (Å²) in [5.41, 5.74) is 1.87. The molecule has 0 aromatic carbocycles. The number of rotatable bonds is 5. The van der Waals surface area contributed by atoms with Crippen molar-refractivity contribution in [2.24, 2.45) is 0 Å². The summed E-state index contributed by atoms with van der Waals surface area (Å²) < 4.78 is 0. The highest BCUT2D eigenvalue weighted by molar-refractivity contribution is 7.98. The number of carboxylic acid groups (broad SMARTS) is 1. The largest absolute Gasteiger partial charge is 0.478 e. The lowest BCUT2D eigenvalue weighted by Gasteiger charge is -2.10. The monoisotopic (exact) mass is 301 g/mol. The second kappa shape index (κ2) is 5.81. The Kier molecular flexibility index (Phi) is 3.88. The van der Waals surface area contributed by atoms with Crippen LogP contribution >= 0.6 is 11.8 Å². The molecule has 0 spiro atoms. The summed E-state index contributed by atoms with van der Waals surface area (Å²) in [5, 5.41) is 9.95. The molecule has 3 rings (SSSR count). The minimum atomic E-state index is -0.966. The first-order valence-corrected chi connectivity index (χ1v) is 7.77. The first-order chi connectivity index (χ1) is 10.1. The topological polar surface area (TPSA) is 76.0 Å². The molecular formula is C15H15N3O2S. The Morgan fingerprint density at radius 3 is 2.67 bits per heavy atom. The summed E-state index contributed by atoms with van der Waals surface area (Å²) in [4.78, 5) is 24.3. The fraction of sp³-hybridized carbons (Fsp3) is 0.333. The molecule has 0 atom stereocenters. The molecule has 0 unspecified atom stereocenters. The molecular weight excluding hydrogens is 286 g/mol. The summed E-state index contributed by atoms with van der Waals surface area (Å²) in [6.45, 7) is 1.74. The summed E-state index contributed by atoms with van der Waals surface area (Å²) in [5.74, 6) is 0.900. The third-order valence-electron chi connectivity index (χ3n) is 3.36. The van der Waals surface area contributed by atoms with Crippen molar-refractivity contribution in [1.82, 2.24) is 15.0 Å². The van der Waals surface area contributed by atoms with Crippen LogP contribution < -0.4 is 0 Å². The van der Waals surface area contributed by atoms with Crippen molar-refractivity contribution in [3.05, 3.63) is 47.2 Å². The fourth-order valence-corrected chi connectivity index (χ4v) is 3.11. The number of carbonyl (C=O) groups is 1. The maximum absolute atomic E-state index is 11.4. The molecule has 0 bridgehead atoms. The first-order valence-electron chi connectivity index (χ1n) is 6.78. The number of pyridine rings is 1. The molecule has 1 aliphatic carbocycles. The lowest BCUT2D eigenvalue weighted by Crippen LogP contribution is -2.09. The van der Waals surface area contributed by atoms with Gasteiger partial charge in [-0.2, -0.15) is 0 Å². The van der Waals surface area contributed by atoms with Crippen LogP contribution in [0.1, 0.15) is 46.2 Å². The molecule has 108 valence electrons. The molecule has 0 radical (unpaired) electrons. The molecule has 1 saturated carbocycles. The van der Waals surface area contributed by atoms with E-state index in [1.54, 1.807) is 19.3 Å². The quantitative estimate of drug-likeness (QED) is 0.675. The van der Waals surface area contributed by atoms with Crippen LogP contribution in [0.2, 0.25) is 0 Å². The van der Waals surface area contributed by atoms with Gasteiger partial charge in [-0.05, 0) is 37.5 Å². The maximum atomic E-state index is 11.4. The first kappa shape index (κ1) is 14.0. The minimum Gasteiger partial charge on any atom is -0.478 e. The molecule has 2 aromatic heterocycles. The van der Waals surface area contributed by atoms with Gasteiger partial charge in [-0.3, -0.25) is 4.98 Å². The van der Waals surface area contributed by atoms with Crippen molar-refractivity contribution in [3.63, 3.8) is 0 Å². The molecule has 1 N–H and O–H groups in total. The number of aryl methyl sites for hydroxylation is 1. The Morgan fingerprint density at radius 1 is 1.33 bits per heavy atom. The zero-order chi connectivity index (χ0) is 14.8. The van der Waals surface area contributed by atoms with Gasteiger partial charge in [-0.25, -0.2) is 14.8 Å². The molecule has 0 saturated heterocycles. The van der Waals surface area contributed by atoms with Gasteiger partial charge >= 0.3 is 5.97 Å². The maximum Gasteiger partial charge on any atom is 0.340 e. The van der Waals surface area contributed by atoms with Gasteiger partial charge in [0.2, 0.25) is 0 Å². The van der Waals surface area contributed by atoms with E-state index in [0.717, 1.165) is 24.2 Å². The van der Waals surface area contributed by atoms with Crippen molar-refractivity contribution < 1.29 is 9.90 Å². The van der Waals surface area contributed by atoms with E-state index >= 15 is 0 Å². The van der Waals surface area contributed by atoms with Crippen LogP contribution in [0, 0.1) is 6.92 Å². The van der Waals surface area contributed by atoms with E-state index in [9.17, 15) is 9.90 Å². The standard InChI is InChI=1S/C15H15N3O2S/c1-9-12(15(19)20)14(18-13(17-9)11-2-3-11)21-8-10-4-6-16-7-5-10/h4-7,11H,2-3,8H2,1H3,(H,19,20). The molecule has 0 aliphatic heterocycles. The lowest BCUT2D eigenvalue weighted by molar-refractivity contribution is 0.0690. The Balaban J connectivity index is 1.89. The zero-order valence-electron chi connectivity index (χ0n) is 11.6. The van der Waals surface area contributed by atoms with E-state index in [4.69, 9.17) is 0 Å². The Bertz CT molecular complexity index is 672. The molecule has 6 heteroatoms. The second-order valence-corrected chi connectivity index (χ2v) is 6.03. The van der Waals surface area contributed by atoms with Crippen LogP contribution in [0.15, 0.2) is 29.6 Å². The third kappa shape index (κ3) is 3.21. The molecule has 5 nitrogen and oxygen atoms in total. The van der Waals surface area contributed by atoms with Gasteiger partial charge in [-0.1, -0.05) is 0 Å². The molecule has 2 aromatic rings. The van der Waals surface area contributed by atoms with Crippen molar-refractivity contribution >= 4 is 17.7 Å². The Hall–Kier alpha value is -1.95. The predicted octanol–water partition coefficient (Wildman–Crippen LogP) is 3.05. The number of nitrogens with zero attached hydrogens (tertiary/aromatic N) is 3. The summed E-state index contributed by atoms with van der Waals surface area (Å²) in [6.07, 6.45) is 5.66. The van der Waals surface area contributed by atoms with E-state index < -0.39 is 5.97 Å². The summed E-state index contributed by atoms with van der Waals surface area (Å²) in [6, 6.07) is 3.84. The highest BCUT2D eigenvalue weighted by Gasteiger charge is 2.29. The number of aromatic carboxylic acids is 1. The van der Waals surface area contributed by atoms with Crippen molar-refractivity contribution in [1.29, 1.82) is 0 Å². The van der Waals surface area contributed by atoms with E-state index in [2.05, 4.69) is 15.0 Å². The average molecular weight is 301 g/mol. The molecule has 1 fully saturated rings. The van der Waals surface area contributed by atoms with Crippen molar-refractivity contribution in [3.8, 4) is 0 Å². The Morgan fingerprint density at radius 2 is 2.05 bits per heavy atom. The van der Waals surface area contributed by atoms with E-state index in [-0.39, 0.29) is 5.56 Å². The highest BCUT2D eigenvalue weighted by Crippen LogP contribution is 2.39. The summed E-state index contributed by atoms with van der Waals surface area (Å²) in [7, 11) is 0. The van der Waals surface area contributed by atoms with Gasteiger partial charge in [0.25, 0.3) is 0 Å². The normalized spacial score (nSPS) is 14.1. The van der Waals surface area contributed by atoms with Crippen molar-refractivity contribution in [2.45, 2.75) is 36.5 Å². The SMILES string of the molecule is Cc1nc(C2CC2)nc(SCc2ccncc2)c1C(=O)O. The van der Waals surface area contributed by atoms with Crippen LogP contribution in [0.5, 0.6) is 0 Å². The third-order valence-corrected chi connectivity index (χ3v) is 4.40. The number of hydrogen-bond donors (Lipinski definition) is 1. The van der Waals surface area contributed by atoms with Crippen LogP contribution in [0.25, 0.3) is 0 Å². The molecule has 2 heterocycles. The number of aromatic nitrogens is 3. The van der Waals surface area contributed by atoms with E-state index in [1.807, 2.05) is 12.1 Å². The zero-order valence-corrected chi connectivity index (χ0v) is 12.4. The highest BCUT2D eigenvalue weighted by atomic mass is 32.2. The van der Waals surface area contributed by atoms with Gasteiger partial charge in [0.05, 0.1) is 5.69 Å². The number of thioether (sulfide) groups is 1.